The first-order valence-electron chi connectivity index (χ1n) is 2.57. The van der Waals surface area contributed by atoms with Gasteiger partial charge >= 0.3 is 0 Å². The van der Waals surface area contributed by atoms with Crippen molar-refractivity contribution in [1.82, 2.24) is 0 Å². The van der Waals surface area contributed by atoms with E-state index in [0.717, 1.165) is 5.75 Å². The monoisotopic (exact) mass is 233 g/mol. The summed E-state index contributed by atoms with van der Waals surface area (Å²) in [5.74, 6) is 0.881. The molecule has 0 atom stereocenters. The summed E-state index contributed by atoms with van der Waals surface area (Å²) in [6, 6.07) is 9.66. The van der Waals surface area contributed by atoms with E-state index in [-0.39, 0.29) is 0 Å². The number of hydrogen-bond acceptors (Lipinski definition) is 1. The van der Waals surface area contributed by atoms with Crippen molar-refractivity contribution in [2.75, 3.05) is 0 Å². The molecule has 0 fully saturated rings. The highest BCUT2D eigenvalue weighted by Crippen LogP contribution is 2.10. The molecule has 0 aliphatic rings. The van der Waals surface area contributed by atoms with Crippen LogP contribution in [0, 0.1) is 4.61 Å². The van der Waals surface area contributed by atoms with Crippen molar-refractivity contribution in [2.24, 2.45) is 0 Å². The third-order valence-electron chi connectivity index (χ3n) is 0.924. The summed E-state index contributed by atoms with van der Waals surface area (Å²) in [5, 5.41) is 0. The van der Waals surface area contributed by atoms with Crippen LogP contribution in [0.5, 0.6) is 5.75 Å². The van der Waals surface area contributed by atoms with E-state index in [0.29, 0.717) is 0 Å². The lowest BCUT2D eigenvalue weighted by molar-refractivity contribution is 0.465. The molecule has 9 heavy (non-hydrogen) atoms. The van der Waals surface area contributed by atoms with Gasteiger partial charge < -0.3 is 4.74 Å². The van der Waals surface area contributed by atoms with Gasteiger partial charge in [-0.2, -0.15) is 0 Å². The van der Waals surface area contributed by atoms with Gasteiger partial charge in [-0.05, 0) is 34.7 Å². The zero-order valence-electron chi connectivity index (χ0n) is 4.75. The summed E-state index contributed by atoms with van der Waals surface area (Å²) < 4.78 is 6.70. The highest BCUT2D eigenvalue weighted by Gasteiger charge is 1.85. The molecule has 1 aromatic rings. The average Bonchev–Trinajstić information content (AvgIpc) is 1.91. The third-order valence-corrected chi connectivity index (χ3v) is 1.18. The number of halogens is 1. The Balaban J connectivity index is 2.61. The van der Waals surface area contributed by atoms with Gasteiger partial charge in [0.2, 0.25) is 0 Å². The number of hydrogen-bond donors (Lipinski definition) is 0. The molecular weight excluding hydrogens is 227 g/mol. The summed E-state index contributed by atoms with van der Waals surface area (Å²) in [6.07, 6.45) is 0. The quantitative estimate of drug-likeness (QED) is 0.713. The zero-order valence-corrected chi connectivity index (χ0v) is 6.91. The van der Waals surface area contributed by atoms with E-state index in [9.17, 15) is 0 Å². The molecule has 1 radical (unpaired) electrons. The van der Waals surface area contributed by atoms with Gasteiger partial charge in [-0.25, -0.2) is 0 Å². The van der Waals surface area contributed by atoms with E-state index in [1.165, 1.54) is 0 Å². The molecule has 0 bridgehead atoms. The molecule has 0 saturated carbocycles. The van der Waals surface area contributed by atoms with E-state index >= 15 is 0 Å². The fourth-order valence-corrected chi connectivity index (χ4v) is 0.844. The Morgan fingerprint density at radius 3 is 2.44 bits per heavy atom. The van der Waals surface area contributed by atoms with E-state index < -0.39 is 0 Å². The van der Waals surface area contributed by atoms with E-state index in [2.05, 4.69) is 0 Å². The summed E-state index contributed by atoms with van der Waals surface area (Å²) in [7, 11) is 0. The second-order valence-corrected chi connectivity index (χ2v) is 2.03. The lowest BCUT2D eigenvalue weighted by Gasteiger charge is -1.97. The second kappa shape index (κ2) is 3.71. The van der Waals surface area contributed by atoms with Crippen LogP contribution in [-0.4, -0.2) is 0 Å². The molecule has 0 N–H and O–H groups in total. The number of para-hydroxylation sites is 1. The fourth-order valence-electron chi connectivity index (χ4n) is 0.550. The first-order valence-corrected chi connectivity index (χ1v) is 3.81. The van der Waals surface area contributed by atoms with Crippen LogP contribution in [0.3, 0.4) is 0 Å². The van der Waals surface area contributed by atoms with Gasteiger partial charge in [-0.1, -0.05) is 18.2 Å². The van der Waals surface area contributed by atoms with Crippen molar-refractivity contribution in [3.05, 3.63) is 34.9 Å². The van der Waals surface area contributed by atoms with Crippen molar-refractivity contribution in [3.63, 3.8) is 0 Å². The van der Waals surface area contributed by atoms with Crippen molar-refractivity contribution >= 4 is 22.6 Å². The fraction of sp³-hybridized carbons (Fsp3) is 0. The molecule has 2 heteroatoms. The molecule has 0 aliphatic heterocycles. The minimum Gasteiger partial charge on any atom is -0.475 e. The molecule has 0 unspecified atom stereocenters. The molecule has 0 aliphatic carbocycles. The van der Waals surface area contributed by atoms with Crippen LogP contribution >= 0.6 is 22.6 Å². The summed E-state index contributed by atoms with van der Waals surface area (Å²) in [6.45, 7) is 0. The average molecular weight is 233 g/mol. The Morgan fingerprint density at radius 1 is 1.22 bits per heavy atom. The Morgan fingerprint density at radius 2 is 1.89 bits per heavy atom. The largest absolute Gasteiger partial charge is 0.475 e. The topological polar surface area (TPSA) is 9.23 Å². The first kappa shape index (κ1) is 6.86. The molecule has 0 aromatic heterocycles. The van der Waals surface area contributed by atoms with Crippen LogP contribution in [0.15, 0.2) is 30.3 Å². The minimum absolute atomic E-state index is 0.881. The Bertz CT molecular complexity index is 162. The maximum absolute atomic E-state index is 5.07. The van der Waals surface area contributed by atoms with Gasteiger partial charge in [0.25, 0.3) is 0 Å². The smallest absolute Gasteiger partial charge is 0.194 e. The van der Waals surface area contributed by atoms with Crippen LogP contribution in [-0.2, 0) is 0 Å². The molecule has 1 rings (SSSR count). The summed E-state index contributed by atoms with van der Waals surface area (Å²) in [5.41, 5.74) is 0. The summed E-state index contributed by atoms with van der Waals surface area (Å²) in [4.78, 5) is 0. The van der Waals surface area contributed by atoms with Crippen LogP contribution in [0.25, 0.3) is 0 Å². The van der Waals surface area contributed by atoms with Gasteiger partial charge in [0.05, 0.1) is 0 Å². The molecule has 0 saturated heterocycles. The number of rotatable bonds is 2. The molecule has 1 nitrogen and oxygen atoms in total. The highest BCUT2D eigenvalue weighted by molar-refractivity contribution is 14.1. The van der Waals surface area contributed by atoms with Crippen LogP contribution in [0.1, 0.15) is 0 Å². The molecule has 0 amide bonds. The maximum Gasteiger partial charge on any atom is 0.194 e. The Labute approximate surface area is 68.2 Å². The molecule has 1 aromatic carbocycles. The predicted molar refractivity (Wildman–Crippen MR) is 45.4 cm³/mol. The van der Waals surface area contributed by atoms with Gasteiger partial charge in [0.15, 0.2) is 4.61 Å². The Hall–Kier alpha value is -0.250. The molecular formula is C7H6IO. The van der Waals surface area contributed by atoms with E-state index in [1.807, 2.05) is 52.9 Å². The lowest BCUT2D eigenvalue weighted by Crippen LogP contribution is -1.79. The van der Waals surface area contributed by atoms with Gasteiger partial charge in [0.1, 0.15) is 5.75 Å². The van der Waals surface area contributed by atoms with Gasteiger partial charge in [-0.3, -0.25) is 0 Å². The third kappa shape index (κ3) is 2.22. The molecule has 47 valence electrons. The van der Waals surface area contributed by atoms with Crippen molar-refractivity contribution in [1.29, 1.82) is 0 Å². The summed E-state index contributed by atoms with van der Waals surface area (Å²) >= 11 is 2.04. The van der Waals surface area contributed by atoms with Crippen molar-refractivity contribution in [2.45, 2.75) is 0 Å². The first-order chi connectivity index (χ1) is 4.43. The van der Waals surface area contributed by atoms with Gasteiger partial charge in [-0.15, -0.1) is 0 Å². The van der Waals surface area contributed by atoms with E-state index in [1.54, 1.807) is 4.61 Å². The van der Waals surface area contributed by atoms with Crippen LogP contribution in [0.2, 0.25) is 0 Å². The number of ether oxygens (including phenoxy) is 1. The lowest BCUT2D eigenvalue weighted by atomic mass is 10.3. The van der Waals surface area contributed by atoms with E-state index in [4.69, 9.17) is 4.74 Å². The number of benzene rings is 1. The second-order valence-electron chi connectivity index (χ2n) is 1.52. The molecule has 0 heterocycles. The highest BCUT2D eigenvalue weighted by atomic mass is 127. The maximum atomic E-state index is 5.07. The minimum atomic E-state index is 0.881. The SMILES string of the molecule is I[CH]Oc1ccccc1. The zero-order chi connectivity index (χ0) is 6.53. The van der Waals surface area contributed by atoms with Crippen LogP contribution in [0.4, 0.5) is 0 Å². The molecule has 0 spiro atoms. The van der Waals surface area contributed by atoms with Gasteiger partial charge in [0, 0.05) is 0 Å². The van der Waals surface area contributed by atoms with Crippen molar-refractivity contribution < 1.29 is 4.74 Å². The van der Waals surface area contributed by atoms with Crippen molar-refractivity contribution in [3.8, 4) is 5.75 Å². The normalized spacial score (nSPS) is 9.00. The predicted octanol–water partition coefficient (Wildman–Crippen LogP) is 2.62. The standard InChI is InChI=1S/C7H6IO/c8-6-9-7-4-2-1-3-5-7/h1-6H. The Kier molecular flexibility index (Phi) is 2.83. The van der Waals surface area contributed by atoms with Crippen LogP contribution < -0.4 is 4.74 Å².